The second-order valence-electron chi connectivity index (χ2n) is 4.57. The van der Waals surface area contributed by atoms with Crippen molar-refractivity contribution < 1.29 is 22.7 Å². The van der Waals surface area contributed by atoms with E-state index >= 15 is 0 Å². The van der Waals surface area contributed by atoms with Crippen LogP contribution in [0.3, 0.4) is 0 Å². The Kier molecular flexibility index (Phi) is 4.30. The Morgan fingerprint density at radius 3 is 2.05 bits per heavy atom. The summed E-state index contributed by atoms with van der Waals surface area (Å²) in [5, 5.41) is 13.1. The van der Waals surface area contributed by atoms with Crippen molar-refractivity contribution in [3.8, 4) is 5.75 Å². The molecular weight excluding hydrogens is 302 g/mol. The molecule has 0 atom stereocenters. The predicted octanol–water partition coefficient (Wildman–Crippen LogP) is 3.41. The number of nitrogens with zero attached hydrogens (tertiary/aromatic N) is 2. The Morgan fingerprint density at radius 2 is 1.55 bits per heavy atom. The molecule has 0 radical (unpaired) electrons. The molecule has 0 aliphatic heterocycles. The van der Waals surface area contributed by atoms with E-state index in [9.17, 15) is 22.7 Å². The number of phenolic OH excluding ortho intramolecular Hbond substituents is 1. The van der Waals surface area contributed by atoms with Gasteiger partial charge in [0, 0.05) is 0 Å². The fourth-order valence-electron chi connectivity index (χ4n) is 1.82. The minimum atomic E-state index is -1.77. The Balaban J connectivity index is 2.27. The molecule has 4 nitrogen and oxygen atoms in total. The first kappa shape index (κ1) is 15.7. The first-order valence-corrected chi connectivity index (χ1v) is 6.10. The maximum Gasteiger partial charge on any atom is 0.254 e. The number of phenols is 1. The summed E-state index contributed by atoms with van der Waals surface area (Å²) in [5.41, 5.74) is 2.52. The number of nitrogens with one attached hydrogen (secondary N) is 1. The van der Waals surface area contributed by atoms with Crippen molar-refractivity contribution in [2.75, 3.05) is 5.43 Å². The van der Waals surface area contributed by atoms with Gasteiger partial charge >= 0.3 is 0 Å². The Labute approximate surface area is 123 Å². The van der Waals surface area contributed by atoms with E-state index in [1.165, 1.54) is 6.21 Å². The molecule has 0 amide bonds. The largest absolute Gasteiger partial charge is 0.507 e. The second-order valence-corrected chi connectivity index (χ2v) is 4.57. The van der Waals surface area contributed by atoms with Crippen molar-refractivity contribution in [3.05, 3.63) is 52.4 Å². The molecule has 0 bridgehead atoms. The molecule has 22 heavy (non-hydrogen) atoms. The molecule has 2 aromatic rings. The van der Waals surface area contributed by atoms with E-state index < -0.39 is 29.2 Å². The predicted molar refractivity (Wildman–Crippen MR) is 72.9 cm³/mol. The molecule has 0 saturated heterocycles. The molecule has 1 aromatic carbocycles. The lowest BCUT2D eigenvalue weighted by atomic mass is 10.1. The average Bonchev–Trinajstić information content (AvgIpc) is 2.46. The molecule has 0 saturated carbocycles. The molecule has 116 valence electrons. The Bertz CT molecular complexity index is 713. The lowest BCUT2D eigenvalue weighted by molar-refractivity contribution is 0.411. The molecule has 2 rings (SSSR count). The number of hydrogen-bond acceptors (Lipinski definition) is 4. The number of benzene rings is 1. The van der Waals surface area contributed by atoms with E-state index in [4.69, 9.17) is 0 Å². The van der Waals surface area contributed by atoms with Crippen molar-refractivity contribution in [2.24, 2.45) is 5.10 Å². The number of anilines is 1. The van der Waals surface area contributed by atoms with Crippen LogP contribution < -0.4 is 5.43 Å². The van der Waals surface area contributed by atoms with Crippen LogP contribution in [0.5, 0.6) is 5.75 Å². The molecule has 2 N–H and O–H groups in total. The maximum absolute atomic E-state index is 13.3. The normalized spacial score (nSPS) is 11.2. The summed E-state index contributed by atoms with van der Waals surface area (Å²) >= 11 is 0. The minimum absolute atomic E-state index is 0.125. The molecule has 0 aliphatic carbocycles. The van der Waals surface area contributed by atoms with Crippen molar-refractivity contribution >= 4 is 11.9 Å². The number of aromatic hydroxyl groups is 1. The van der Waals surface area contributed by atoms with E-state index in [0.717, 1.165) is 0 Å². The van der Waals surface area contributed by atoms with E-state index in [1.54, 1.807) is 26.0 Å². The van der Waals surface area contributed by atoms with Crippen LogP contribution in [-0.2, 0) is 0 Å². The number of hydrazone groups is 1. The van der Waals surface area contributed by atoms with Gasteiger partial charge in [-0.05, 0) is 42.7 Å². The number of hydrogen-bond donors (Lipinski definition) is 2. The highest BCUT2D eigenvalue weighted by atomic mass is 19.2. The summed E-state index contributed by atoms with van der Waals surface area (Å²) in [6, 6.07) is 3.15. The summed E-state index contributed by atoms with van der Waals surface area (Å²) in [5.74, 6) is -6.76. The van der Waals surface area contributed by atoms with E-state index in [-0.39, 0.29) is 5.75 Å². The van der Waals surface area contributed by atoms with Gasteiger partial charge in [-0.1, -0.05) is 0 Å². The van der Waals surface area contributed by atoms with Gasteiger partial charge in [-0.3, -0.25) is 5.43 Å². The molecule has 0 fully saturated rings. The minimum Gasteiger partial charge on any atom is -0.507 e. The Morgan fingerprint density at radius 1 is 1.05 bits per heavy atom. The van der Waals surface area contributed by atoms with Crippen molar-refractivity contribution in [1.82, 2.24) is 4.98 Å². The van der Waals surface area contributed by atoms with Crippen LogP contribution in [0.2, 0.25) is 0 Å². The zero-order chi connectivity index (χ0) is 16.4. The number of rotatable bonds is 3. The highest BCUT2D eigenvalue weighted by Gasteiger charge is 2.20. The molecule has 8 heteroatoms. The summed E-state index contributed by atoms with van der Waals surface area (Å²) < 4.78 is 52.5. The number of pyridine rings is 1. The van der Waals surface area contributed by atoms with Gasteiger partial charge in [-0.2, -0.15) is 27.6 Å². The number of aryl methyl sites for hydroxylation is 2. The first-order chi connectivity index (χ1) is 10.3. The third-order valence-corrected chi connectivity index (χ3v) is 2.90. The van der Waals surface area contributed by atoms with Crippen molar-refractivity contribution in [3.63, 3.8) is 0 Å². The highest BCUT2D eigenvalue weighted by molar-refractivity contribution is 5.81. The highest BCUT2D eigenvalue weighted by Crippen LogP contribution is 2.23. The second kappa shape index (κ2) is 6.00. The van der Waals surface area contributed by atoms with E-state index in [2.05, 4.69) is 10.1 Å². The summed E-state index contributed by atoms with van der Waals surface area (Å²) in [4.78, 5) is 2.43. The molecular formula is C14H11F4N3O. The van der Waals surface area contributed by atoms with E-state index in [0.29, 0.717) is 16.7 Å². The summed E-state index contributed by atoms with van der Waals surface area (Å²) in [7, 11) is 0. The first-order valence-electron chi connectivity index (χ1n) is 6.10. The fourth-order valence-corrected chi connectivity index (χ4v) is 1.82. The quantitative estimate of drug-likeness (QED) is 0.395. The van der Waals surface area contributed by atoms with Crippen LogP contribution in [0.15, 0.2) is 17.2 Å². The lowest BCUT2D eigenvalue weighted by Gasteiger charge is -2.06. The molecule has 0 aliphatic rings. The van der Waals surface area contributed by atoms with Gasteiger partial charge < -0.3 is 5.11 Å². The zero-order valence-corrected chi connectivity index (χ0v) is 11.6. The van der Waals surface area contributed by atoms with Crippen LogP contribution in [0, 0.1) is 37.4 Å². The maximum atomic E-state index is 13.3. The third kappa shape index (κ3) is 3.00. The van der Waals surface area contributed by atoms with Gasteiger partial charge in [0.05, 0.1) is 6.21 Å². The summed E-state index contributed by atoms with van der Waals surface area (Å²) in [6.45, 7) is 3.33. The van der Waals surface area contributed by atoms with Crippen LogP contribution in [0.25, 0.3) is 0 Å². The fraction of sp³-hybridized carbons (Fsp3) is 0.143. The van der Waals surface area contributed by atoms with Gasteiger partial charge in [0.25, 0.3) is 11.9 Å². The van der Waals surface area contributed by atoms with E-state index in [1.807, 2.05) is 5.43 Å². The monoisotopic (exact) mass is 313 g/mol. The van der Waals surface area contributed by atoms with Crippen molar-refractivity contribution in [1.29, 1.82) is 0 Å². The van der Waals surface area contributed by atoms with Crippen molar-refractivity contribution in [2.45, 2.75) is 13.8 Å². The van der Waals surface area contributed by atoms with Crippen LogP contribution in [0.4, 0.5) is 23.2 Å². The van der Waals surface area contributed by atoms with Crippen LogP contribution in [0.1, 0.15) is 16.7 Å². The topological polar surface area (TPSA) is 57.5 Å². The van der Waals surface area contributed by atoms with Crippen LogP contribution in [-0.4, -0.2) is 16.3 Å². The number of aromatic nitrogens is 1. The third-order valence-electron chi connectivity index (χ3n) is 2.90. The lowest BCUT2D eigenvalue weighted by Crippen LogP contribution is -2.05. The van der Waals surface area contributed by atoms with Gasteiger partial charge in [0.1, 0.15) is 11.4 Å². The molecule has 1 aromatic heterocycles. The summed E-state index contributed by atoms with van der Waals surface area (Å²) in [6.07, 6.45) is 1.19. The van der Waals surface area contributed by atoms with Gasteiger partial charge in [-0.25, -0.2) is 0 Å². The standard InChI is InChI=1S/C14H11F4N3O/c1-6-3-8(4-7(2)12(6)22)5-19-21-11-9(15)13(17)20-14(18)10(11)16/h3-5,22H,1-2H3,(H,20,21)/b19-5+. The van der Waals surface area contributed by atoms with Gasteiger partial charge in [0.15, 0.2) is 0 Å². The SMILES string of the molecule is Cc1cc(/C=N/Nc2c(F)c(F)nc(F)c2F)cc(C)c1O. The van der Waals surface area contributed by atoms with Gasteiger partial charge in [0.2, 0.25) is 11.6 Å². The van der Waals surface area contributed by atoms with Crippen LogP contribution >= 0.6 is 0 Å². The molecule has 1 heterocycles. The molecule has 0 spiro atoms. The number of halogens is 4. The smallest absolute Gasteiger partial charge is 0.254 e. The zero-order valence-electron chi connectivity index (χ0n) is 11.6. The Hall–Kier alpha value is -2.64. The van der Waals surface area contributed by atoms with Gasteiger partial charge in [-0.15, -0.1) is 0 Å². The average molecular weight is 313 g/mol. The molecule has 0 unspecified atom stereocenters.